The van der Waals surface area contributed by atoms with E-state index >= 15 is 0 Å². The highest BCUT2D eigenvalue weighted by Crippen LogP contribution is 2.61. The largest absolute Gasteiger partial charge is 0.279 e. The van der Waals surface area contributed by atoms with E-state index in [0.717, 1.165) is 16.9 Å². The molecule has 0 amide bonds. The predicted molar refractivity (Wildman–Crippen MR) is 148 cm³/mol. The van der Waals surface area contributed by atoms with Crippen molar-refractivity contribution in [3.05, 3.63) is 29.1 Å². The Labute approximate surface area is 208 Å². The smallest absolute Gasteiger partial charge is 0.148 e. The summed E-state index contributed by atoms with van der Waals surface area (Å²) in [7, 11) is 25.3. The van der Waals surface area contributed by atoms with Crippen molar-refractivity contribution in [1.82, 2.24) is 14.4 Å². The molecule has 2 aromatic heterocycles. The van der Waals surface area contributed by atoms with Gasteiger partial charge >= 0.3 is 0 Å². The molecule has 2 heterocycles. The summed E-state index contributed by atoms with van der Waals surface area (Å²) in [6.45, 7) is 20.5. The number of benzene rings is 2. The number of nitrogens with zero attached hydrogens (tertiary/aromatic N) is 3. The lowest BCUT2D eigenvalue weighted by molar-refractivity contribution is 0.125. The van der Waals surface area contributed by atoms with Gasteiger partial charge in [-0.3, -0.25) is 4.40 Å². The molecular weight excluding hydrogens is 410 g/mol. The number of aromatic nitrogens is 3. The number of hydrogen-bond acceptors (Lipinski definition) is 2. The van der Waals surface area contributed by atoms with Crippen LogP contribution in [0.2, 0.25) is 0 Å². The van der Waals surface area contributed by atoms with E-state index in [1.807, 2.05) is 0 Å². The fourth-order valence-electron chi connectivity index (χ4n) is 5.81. The van der Waals surface area contributed by atoms with Crippen LogP contribution in [0, 0.1) is 5.41 Å². The summed E-state index contributed by atoms with van der Waals surface area (Å²) >= 11 is 0. The highest BCUT2D eigenvalue weighted by atomic mass is 15.1. The zero-order valence-electron chi connectivity index (χ0n) is 21.8. The van der Waals surface area contributed by atoms with Gasteiger partial charge in [0.25, 0.3) is 0 Å². The zero-order chi connectivity index (χ0) is 25.3. The highest BCUT2D eigenvalue weighted by Gasteiger charge is 2.57. The van der Waals surface area contributed by atoms with Crippen LogP contribution in [-0.2, 0) is 16.2 Å². The first-order valence-corrected chi connectivity index (χ1v) is 11.9. The van der Waals surface area contributed by atoms with E-state index in [-0.39, 0.29) is 32.6 Å². The van der Waals surface area contributed by atoms with E-state index in [1.165, 1.54) is 11.1 Å². The van der Waals surface area contributed by atoms with Crippen molar-refractivity contribution in [1.29, 1.82) is 0 Å². The molecule has 3 nitrogen and oxygen atoms in total. The molecule has 0 spiro atoms. The lowest BCUT2D eigenvalue weighted by atomic mass is 9.59. The maximum Gasteiger partial charge on any atom is 0.148 e. The fraction of sp³-hybridized carbons (Fsp3) is 0.481. The standard InChI is InChI=1S/C27H29B4N3/c1-24(2,3)23-33-21-16(17(28)18(29)19(30)20(21)31)22-32-14-10-12-13(11-15(14)34(22)23)26(6,7)27(8,9)25(12,4)5/h10-11H,1-9H3. The molecule has 0 fully saturated rings. The van der Waals surface area contributed by atoms with Crippen LogP contribution in [0.4, 0.5) is 0 Å². The molecule has 0 bridgehead atoms. The van der Waals surface area contributed by atoms with E-state index in [0.29, 0.717) is 27.5 Å². The van der Waals surface area contributed by atoms with E-state index in [2.05, 4.69) is 78.8 Å². The molecule has 1 aliphatic rings. The zero-order valence-corrected chi connectivity index (χ0v) is 21.8. The van der Waals surface area contributed by atoms with Crippen molar-refractivity contribution in [2.24, 2.45) is 5.41 Å². The van der Waals surface area contributed by atoms with Gasteiger partial charge in [-0.25, -0.2) is 9.97 Å². The normalized spacial score (nSPS) is 18.7. The van der Waals surface area contributed by atoms with Gasteiger partial charge in [-0.15, -0.1) is 10.9 Å². The molecule has 8 radical (unpaired) electrons. The molecule has 5 rings (SSSR count). The van der Waals surface area contributed by atoms with Gasteiger partial charge in [-0.1, -0.05) is 73.2 Å². The monoisotopic (exact) mass is 439 g/mol. The lowest BCUT2D eigenvalue weighted by Crippen LogP contribution is -2.48. The Morgan fingerprint density at radius 2 is 1.26 bits per heavy atom. The van der Waals surface area contributed by atoms with Crippen LogP contribution in [0.1, 0.15) is 79.3 Å². The Kier molecular flexibility index (Phi) is 4.53. The minimum absolute atomic E-state index is 0.0225. The van der Waals surface area contributed by atoms with Gasteiger partial charge in [-0.05, 0) is 39.5 Å². The molecule has 164 valence electrons. The molecule has 2 aromatic carbocycles. The Morgan fingerprint density at radius 3 is 1.82 bits per heavy atom. The van der Waals surface area contributed by atoms with Gasteiger partial charge in [0.05, 0.1) is 16.6 Å². The minimum Gasteiger partial charge on any atom is -0.279 e. The number of rotatable bonds is 0. The third-order valence-electron chi connectivity index (χ3n) is 9.22. The summed E-state index contributed by atoms with van der Waals surface area (Å²) in [4.78, 5) is 10.1. The second kappa shape index (κ2) is 6.53. The third-order valence-corrected chi connectivity index (χ3v) is 9.22. The average Bonchev–Trinajstić information content (AvgIpc) is 3.15. The van der Waals surface area contributed by atoms with Crippen molar-refractivity contribution in [2.45, 2.75) is 78.6 Å². The third kappa shape index (κ3) is 2.59. The molecule has 7 heteroatoms. The molecule has 34 heavy (non-hydrogen) atoms. The van der Waals surface area contributed by atoms with Crippen molar-refractivity contribution in [3.8, 4) is 0 Å². The fourth-order valence-corrected chi connectivity index (χ4v) is 5.81. The van der Waals surface area contributed by atoms with Gasteiger partial charge in [0, 0.05) is 10.8 Å². The molecule has 0 atom stereocenters. The van der Waals surface area contributed by atoms with Gasteiger partial charge in [0.15, 0.2) is 0 Å². The van der Waals surface area contributed by atoms with Crippen LogP contribution in [0.25, 0.3) is 27.6 Å². The maximum atomic E-state index is 6.50. The van der Waals surface area contributed by atoms with E-state index in [1.54, 1.807) is 0 Å². The molecule has 0 aliphatic heterocycles. The van der Waals surface area contributed by atoms with Crippen molar-refractivity contribution in [2.75, 3.05) is 0 Å². The van der Waals surface area contributed by atoms with Gasteiger partial charge < -0.3 is 0 Å². The molecule has 0 unspecified atom stereocenters. The summed E-state index contributed by atoms with van der Waals surface area (Å²) in [6.07, 6.45) is 0. The SMILES string of the molecule is [B]c1c([B])c([B])c2c(nc(C(C)(C)C)n3c4cc5c(cc4nc23)C(C)(C)C(C)(C)C5(C)C)c1[B]. The predicted octanol–water partition coefficient (Wildman–Crippen LogP) is 2.10. The molecule has 0 saturated carbocycles. The van der Waals surface area contributed by atoms with Gasteiger partial charge in [-0.2, -0.15) is 0 Å². The van der Waals surface area contributed by atoms with Crippen LogP contribution < -0.4 is 21.9 Å². The minimum atomic E-state index is -0.287. The molecule has 0 saturated heterocycles. The second-order valence-corrected chi connectivity index (χ2v) is 12.6. The topological polar surface area (TPSA) is 30.2 Å². The first-order chi connectivity index (χ1) is 15.4. The van der Waals surface area contributed by atoms with E-state index in [9.17, 15) is 0 Å². The Balaban J connectivity index is 2.05. The molecule has 0 N–H and O–H groups in total. The highest BCUT2D eigenvalue weighted by molar-refractivity contribution is 6.66. The molecule has 1 aliphatic carbocycles. The first kappa shape index (κ1) is 23.6. The molecular formula is C27H29B4N3. The maximum absolute atomic E-state index is 6.50. The number of hydrogen-bond donors (Lipinski definition) is 0. The first-order valence-electron chi connectivity index (χ1n) is 11.9. The number of fused-ring (bicyclic) bond motifs is 6. The summed E-state index contributed by atoms with van der Waals surface area (Å²) in [6, 6.07) is 4.57. The number of imidazole rings is 1. The van der Waals surface area contributed by atoms with Gasteiger partial charge in [0.1, 0.15) is 42.9 Å². The van der Waals surface area contributed by atoms with Crippen molar-refractivity contribution >= 4 is 80.8 Å². The van der Waals surface area contributed by atoms with Crippen LogP contribution in [-0.4, -0.2) is 45.8 Å². The van der Waals surface area contributed by atoms with Crippen LogP contribution in [0.3, 0.4) is 0 Å². The summed E-state index contributed by atoms with van der Waals surface area (Å²) < 4.78 is 2.14. The summed E-state index contributed by atoms with van der Waals surface area (Å²) in [5, 5.41) is 0.646. The van der Waals surface area contributed by atoms with Gasteiger partial charge in [0.2, 0.25) is 0 Å². The lowest BCUT2D eigenvalue weighted by Gasteiger charge is -2.44. The quantitative estimate of drug-likeness (QED) is 0.394. The summed E-state index contributed by atoms with van der Waals surface area (Å²) in [5.41, 5.74) is 6.84. The van der Waals surface area contributed by atoms with Crippen molar-refractivity contribution < 1.29 is 0 Å². The molecule has 4 aromatic rings. The van der Waals surface area contributed by atoms with Crippen molar-refractivity contribution in [3.63, 3.8) is 0 Å². The van der Waals surface area contributed by atoms with E-state index in [4.69, 9.17) is 41.4 Å². The Morgan fingerprint density at radius 1 is 0.735 bits per heavy atom. The average molecular weight is 439 g/mol. The van der Waals surface area contributed by atoms with Crippen LogP contribution >= 0.6 is 0 Å². The van der Waals surface area contributed by atoms with E-state index < -0.39 is 0 Å². The van der Waals surface area contributed by atoms with Crippen LogP contribution in [0.15, 0.2) is 12.1 Å². The summed E-state index contributed by atoms with van der Waals surface area (Å²) in [5.74, 6) is 0.849. The Hall–Kier alpha value is -2.16. The van der Waals surface area contributed by atoms with Crippen LogP contribution in [0.5, 0.6) is 0 Å². The Bertz CT molecular complexity index is 1550. The second-order valence-electron chi connectivity index (χ2n) is 12.6.